The van der Waals surface area contributed by atoms with Crippen molar-refractivity contribution in [3.8, 4) is 0 Å². The Hall–Kier alpha value is -2.01. The fourth-order valence-corrected chi connectivity index (χ4v) is 2.05. The number of hydrogen-bond acceptors (Lipinski definition) is 3. The van der Waals surface area contributed by atoms with Gasteiger partial charge in [-0.05, 0) is 42.8 Å². The van der Waals surface area contributed by atoms with Gasteiger partial charge in [0.05, 0.1) is 11.3 Å². The van der Waals surface area contributed by atoms with E-state index in [0.717, 1.165) is 15.7 Å². The van der Waals surface area contributed by atoms with Crippen molar-refractivity contribution in [1.82, 2.24) is 0 Å². The molecular weight excluding hydrogens is 308 g/mol. The summed E-state index contributed by atoms with van der Waals surface area (Å²) in [7, 11) is 0. The van der Waals surface area contributed by atoms with Crippen LogP contribution in [0, 0.1) is 6.92 Å². The first-order chi connectivity index (χ1) is 8.97. The number of rotatable bonds is 3. The van der Waals surface area contributed by atoms with E-state index in [2.05, 4.69) is 21.2 Å². The van der Waals surface area contributed by atoms with Crippen LogP contribution in [-0.2, 0) is 0 Å². The van der Waals surface area contributed by atoms with Gasteiger partial charge in [0.15, 0.2) is 0 Å². The summed E-state index contributed by atoms with van der Waals surface area (Å²) < 4.78 is 0.963. The van der Waals surface area contributed by atoms with Crippen LogP contribution < -0.4 is 11.1 Å². The van der Waals surface area contributed by atoms with Crippen LogP contribution >= 0.6 is 15.9 Å². The van der Waals surface area contributed by atoms with E-state index < -0.39 is 5.97 Å². The number of halogens is 1. The lowest BCUT2D eigenvalue weighted by atomic mass is 10.1. The molecule has 2 rings (SSSR count). The zero-order valence-electron chi connectivity index (χ0n) is 10.3. The number of carboxylic acids is 1. The van der Waals surface area contributed by atoms with E-state index in [9.17, 15) is 4.79 Å². The average Bonchev–Trinajstić information content (AvgIpc) is 2.36. The van der Waals surface area contributed by atoms with Gasteiger partial charge < -0.3 is 16.2 Å². The summed E-state index contributed by atoms with van der Waals surface area (Å²) in [6.07, 6.45) is 0. The van der Waals surface area contributed by atoms with Gasteiger partial charge in [-0.25, -0.2) is 4.79 Å². The van der Waals surface area contributed by atoms with Crippen LogP contribution in [0.15, 0.2) is 40.9 Å². The molecular formula is C14H13BrN2O2. The van der Waals surface area contributed by atoms with Crippen LogP contribution in [0.1, 0.15) is 15.9 Å². The molecule has 0 heterocycles. The molecule has 0 spiro atoms. The number of aromatic carboxylic acids is 1. The molecule has 5 heteroatoms. The molecule has 0 fully saturated rings. The Morgan fingerprint density at radius 2 is 2.00 bits per heavy atom. The Balaban J connectivity index is 2.37. The lowest BCUT2D eigenvalue weighted by molar-refractivity contribution is 0.0698. The Labute approximate surface area is 119 Å². The lowest BCUT2D eigenvalue weighted by Crippen LogP contribution is -2.04. The monoisotopic (exact) mass is 320 g/mol. The highest BCUT2D eigenvalue weighted by molar-refractivity contribution is 9.10. The molecule has 4 nitrogen and oxygen atoms in total. The molecule has 0 saturated carbocycles. The molecule has 0 amide bonds. The molecule has 0 aromatic heterocycles. The molecule has 0 aliphatic rings. The van der Waals surface area contributed by atoms with E-state index in [-0.39, 0.29) is 5.56 Å². The second kappa shape index (κ2) is 5.32. The summed E-state index contributed by atoms with van der Waals surface area (Å²) in [5.41, 5.74) is 8.61. The number of anilines is 3. The Kier molecular flexibility index (Phi) is 3.76. The number of aryl methyl sites for hydroxylation is 1. The van der Waals surface area contributed by atoms with E-state index in [0.29, 0.717) is 11.4 Å². The van der Waals surface area contributed by atoms with Gasteiger partial charge in [-0.1, -0.05) is 22.0 Å². The molecule has 0 radical (unpaired) electrons. The molecule has 4 N–H and O–H groups in total. The lowest BCUT2D eigenvalue weighted by Gasteiger charge is -2.11. The predicted octanol–water partition coefficient (Wildman–Crippen LogP) is 3.78. The Morgan fingerprint density at radius 1 is 1.26 bits per heavy atom. The molecule has 0 bridgehead atoms. The third-order valence-corrected chi connectivity index (χ3v) is 3.58. The standard InChI is InChI=1S/C14H13BrN2O2/c1-8-2-4-10(7-12(8)15)17-13-5-3-9(16)6-11(13)14(18)19/h2-7,17H,16H2,1H3,(H,18,19). The van der Waals surface area contributed by atoms with Crippen LogP contribution in [0.5, 0.6) is 0 Å². The normalized spacial score (nSPS) is 10.2. The highest BCUT2D eigenvalue weighted by Gasteiger charge is 2.10. The highest BCUT2D eigenvalue weighted by atomic mass is 79.9. The fourth-order valence-electron chi connectivity index (χ4n) is 1.67. The van der Waals surface area contributed by atoms with Gasteiger partial charge in [-0.3, -0.25) is 0 Å². The minimum Gasteiger partial charge on any atom is -0.478 e. The van der Waals surface area contributed by atoms with Crippen LogP contribution in [-0.4, -0.2) is 11.1 Å². The number of carboxylic acid groups (broad SMARTS) is 1. The van der Waals surface area contributed by atoms with Gasteiger partial charge in [-0.2, -0.15) is 0 Å². The van der Waals surface area contributed by atoms with Crippen molar-refractivity contribution in [2.75, 3.05) is 11.1 Å². The number of hydrogen-bond donors (Lipinski definition) is 3. The fraction of sp³-hybridized carbons (Fsp3) is 0.0714. The minimum atomic E-state index is -1.01. The Morgan fingerprint density at radius 3 is 2.63 bits per heavy atom. The van der Waals surface area contributed by atoms with Crippen LogP contribution in [0.2, 0.25) is 0 Å². The van der Waals surface area contributed by atoms with Crippen molar-refractivity contribution in [1.29, 1.82) is 0 Å². The van der Waals surface area contributed by atoms with Gasteiger partial charge >= 0.3 is 5.97 Å². The largest absolute Gasteiger partial charge is 0.478 e. The van der Waals surface area contributed by atoms with E-state index in [1.807, 2.05) is 25.1 Å². The van der Waals surface area contributed by atoms with Crippen molar-refractivity contribution < 1.29 is 9.90 Å². The van der Waals surface area contributed by atoms with E-state index in [4.69, 9.17) is 10.8 Å². The number of nitrogens with one attached hydrogen (secondary N) is 1. The van der Waals surface area contributed by atoms with Gasteiger partial charge in [0, 0.05) is 15.8 Å². The first-order valence-electron chi connectivity index (χ1n) is 5.63. The number of nitrogens with two attached hydrogens (primary N) is 1. The average molecular weight is 321 g/mol. The number of carbonyl (C=O) groups is 1. The van der Waals surface area contributed by atoms with E-state index in [1.54, 1.807) is 12.1 Å². The van der Waals surface area contributed by atoms with Gasteiger partial charge in [0.25, 0.3) is 0 Å². The maximum atomic E-state index is 11.2. The van der Waals surface area contributed by atoms with Crippen molar-refractivity contribution in [3.63, 3.8) is 0 Å². The SMILES string of the molecule is Cc1ccc(Nc2ccc(N)cc2C(=O)O)cc1Br. The minimum absolute atomic E-state index is 0.150. The zero-order chi connectivity index (χ0) is 14.0. The van der Waals surface area contributed by atoms with Crippen molar-refractivity contribution >= 4 is 39.0 Å². The number of benzene rings is 2. The van der Waals surface area contributed by atoms with Gasteiger partial charge in [0.2, 0.25) is 0 Å². The van der Waals surface area contributed by atoms with E-state index in [1.165, 1.54) is 6.07 Å². The maximum Gasteiger partial charge on any atom is 0.337 e. The van der Waals surface area contributed by atoms with Gasteiger partial charge in [0.1, 0.15) is 0 Å². The first kappa shape index (κ1) is 13.4. The summed E-state index contributed by atoms with van der Waals surface area (Å²) in [6.45, 7) is 1.99. The predicted molar refractivity (Wildman–Crippen MR) is 80.0 cm³/mol. The molecule has 0 saturated heterocycles. The third kappa shape index (κ3) is 3.06. The molecule has 98 valence electrons. The van der Waals surface area contributed by atoms with E-state index >= 15 is 0 Å². The Bertz CT molecular complexity index is 641. The summed E-state index contributed by atoms with van der Waals surface area (Å²) >= 11 is 3.44. The molecule has 0 aliphatic carbocycles. The van der Waals surface area contributed by atoms with Crippen LogP contribution in [0.4, 0.5) is 17.1 Å². The van der Waals surface area contributed by atoms with Crippen molar-refractivity contribution in [2.45, 2.75) is 6.92 Å². The summed E-state index contributed by atoms with van der Waals surface area (Å²) in [5, 5.41) is 12.2. The molecule has 0 unspecified atom stereocenters. The number of nitrogen functional groups attached to an aromatic ring is 1. The first-order valence-corrected chi connectivity index (χ1v) is 6.42. The molecule has 2 aromatic carbocycles. The van der Waals surface area contributed by atoms with Gasteiger partial charge in [-0.15, -0.1) is 0 Å². The summed E-state index contributed by atoms with van der Waals surface area (Å²) in [6, 6.07) is 10.5. The summed E-state index contributed by atoms with van der Waals surface area (Å²) in [5.74, 6) is -1.01. The third-order valence-electron chi connectivity index (χ3n) is 2.72. The van der Waals surface area contributed by atoms with Crippen molar-refractivity contribution in [3.05, 3.63) is 52.0 Å². The quantitative estimate of drug-likeness (QED) is 0.752. The van der Waals surface area contributed by atoms with Crippen molar-refractivity contribution in [2.24, 2.45) is 0 Å². The maximum absolute atomic E-state index is 11.2. The highest BCUT2D eigenvalue weighted by Crippen LogP contribution is 2.26. The molecule has 0 atom stereocenters. The molecule has 2 aromatic rings. The second-order valence-corrected chi connectivity index (χ2v) is 5.05. The van der Waals surface area contributed by atoms with Crippen LogP contribution in [0.3, 0.4) is 0 Å². The molecule has 0 aliphatic heterocycles. The zero-order valence-corrected chi connectivity index (χ0v) is 11.9. The topological polar surface area (TPSA) is 75.3 Å². The molecule has 19 heavy (non-hydrogen) atoms. The summed E-state index contributed by atoms with van der Waals surface area (Å²) in [4.78, 5) is 11.2. The van der Waals surface area contributed by atoms with Crippen LogP contribution in [0.25, 0.3) is 0 Å². The second-order valence-electron chi connectivity index (χ2n) is 4.20. The smallest absolute Gasteiger partial charge is 0.337 e.